The topological polar surface area (TPSA) is 0 Å². The molecule has 0 fully saturated rings. The maximum Gasteiger partial charge on any atom is 0.0451 e. The predicted octanol–water partition coefficient (Wildman–Crippen LogP) is 5.46. The first-order valence-corrected chi connectivity index (χ1v) is 14.6. The van der Waals surface area contributed by atoms with Crippen LogP contribution in [-0.2, 0) is 0 Å². The van der Waals surface area contributed by atoms with Gasteiger partial charge in [0.25, 0.3) is 0 Å². The summed E-state index contributed by atoms with van der Waals surface area (Å²) in [6.07, 6.45) is 16.3. The van der Waals surface area contributed by atoms with Crippen LogP contribution in [0.3, 0.4) is 0 Å². The van der Waals surface area contributed by atoms with E-state index in [9.17, 15) is 0 Å². The largest absolute Gasteiger partial charge is 0.125 e. The second-order valence-corrected chi connectivity index (χ2v) is 12.2. The molecule has 2 atom stereocenters. The quantitative estimate of drug-likeness (QED) is 0.337. The Morgan fingerprint density at radius 3 is 1.58 bits per heavy atom. The lowest BCUT2D eigenvalue weighted by Gasteiger charge is -2.21. The fourth-order valence-electron chi connectivity index (χ4n) is 3.29. The summed E-state index contributed by atoms with van der Waals surface area (Å²) in [7, 11) is 1.05. The van der Waals surface area contributed by atoms with Gasteiger partial charge in [-0.05, 0) is 41.2 Å². The second kappa shape index (κ2) is 12.7. The highest BCUT2D eigenvalue weighted by atomic mass is 32.2. The monoisotopic (exact) mass is 394 g/mol. The van der Waals surface area contributed by atoms with E-state index in [2.05, 4.69) is 60.3 Å². The normalized spacial score (nSPS) is 26.2. The van der Waals surface area contributed by atoms with Gasteiger partial charge in [0.05, 0.1) is 0 Å². The molecule has 134 valence electrons. The molecule has 0 saturated carbocycles. The summed E-state index contributed by atoms with van der Waals surface area (Å²) in [5.74, 6) is 0. The van der Waals surface area contributed by atoms with E-state index in [-0.39, 0.29) is 0 Å². The van der Waals surface area contributed by atoms with Gasteiger partial charge in [0, 0.05) is 10.5 Å². The van der Waals surface area contributed by atoms with Crippen LogP contribution in [0.25, 0.3) is 0 Å². The summed E-state index contributed by atoms with van der Waals surface area (Å²) in [5, 5.41) is 9.91. The van der Waals surface area contributed by atoms with Gasteiger partial charge in [-0.1, -0.05) is 87.7 Å². The molecule has 0 radical (unpaired) electrons. The smallest absolute Gasteiger partial charge is 0.0451 e. The molecule has 0 aromatic heterocycles. The van der Waals surface area contributed by atoms with Gasteiger partial charge in [0.1, 0.15) is 0 Å². The highest BCUT2D eigenvalue weighted by Crippen LogP contribution is 2.35. The molecule has 0 aromatic carbocycles. The van der Waals surface area contributed by atoms with Gasteiger partial charge in [-0.15, -0.1) is 23.5 Å². The van der Waals surface area contributed by atoms with E-state index in [1.54, 1.807) is 10.3 Å². The Labute approximate surface area is 162 Å². The predicted molar refractivity (Wildman–Crippen MR) is 123 cm³/mol. The third kappa shape index (κ3) is 6.93. The van der Waals surface area contributed by atoms with E-state index >= 15 is 0 Å². The zero-order chi connectivity index (χ0) is 17.0. The van der Waals surface area contributed by atoms with Gasteiger partial charge < -0.3 is 0 Å². The molecule has 2 rings (SSSR count). The average molecular weight is 395 g/mol. The van der Waals surface area contributed by atoms with E-state index in [0.29, 0.717) is 18.3 Å². The minimum atomic E-state index is 0.525. The van der Waals surface area contributed by atoms with Crippen LogP contribution in [0.5, 0.6) is 0 Å². The first-order valence-electron chi connectivity index (χ1n) is 9.91. The summed E-state index contributed by atoms with van der Waals surface area (Å²) in [5.41, 5.74) is 0. The van der Waals surface area contributed by atoms with Crippen LogP contribution in [0.15, 0.2) is 23.0 Å². The SMILES string of the molecule is CCCCCC[SiH]=C1C=CSC1C1SC=CC1=[SiH]CCCCCC. The number of allylic oxidation sites excluding steroid dienone is 2. The molecule has 2 heterocycles. The summed E-state index contributed by atoms with van der Waals surface area (Å²) >= 11 is 4.20. The van der Waals surface area contributed by atoms with Crippen molar-refractivity contribution in [2.45, 2.75) is 87.8 Å². The molecule has 0 N–H and O–H groups in total. The number of unbranched alkanes of at least 4 members (excludes halogenated alkanes) is 6. The fraction of sp³-hybridized carbons (Fsp3) is 0.700. The summed E-state index contributed by atoms with van der Waals surface area (Å²) in [6.45, 7) is 4.61. The number of hydrogen-bond donors (Lipinski definition) is 0. The first-order chi connectivity index (χ1) is 11.9. The second-order valence-electron chi connectivity index (χ2n) is 6.83. The molecule has 0 spiro atoms. The van der Waals surface area contributed by atoms with Crippen LogP contribution in [-0.4, -0.2) is 39.1 Å². The Kier molecular flexibility index (Phi) is 10.9. The van der Waals surface area contributed by atoms with E-state index in [1.165, 1.54) is 63.5 Å². The summed E-state index contributed by atoms with van der Waals surface area (Å²) in [4.78, 5) is 0. The standard InChI is InChI=1S/C20H34S2Si2/c1-3-5-7-9-15-23-17-11-13-21-19(17)20-18(12-14-22-20)24-16-10-8-6-4-2/h11-14,19-20,23-24H,3-10,15-16H2,1-2H3. The fourth-order valence-corrected chi connectivity index (χ4v) is 10.1. The molecule has 2 unspecified atom stereocenters. The van der Waals surface area contributed by atoms with Crippen molar-refractivity contribution in [3.63, 3.8) is 0 Å². The van der Waals surface area contributed by atoms with Crippen LogP contribution in [0.4, 0.5) is 0 Å². The molecule has 0 aromatic rings. The summed E-state index contributed by atoms with van der Waals surface area (Å²) in [6, 6.07) is 2.95. The molecular weight excluding hydrogens is 361 g/mol. The molecule has 24 heavy (non-hydrogen) atoms. The highest BCUT2D eigenvalue weighted by Gasteiger charge is 2.30. The van der Waals surface area contributed by atoms with E-state index in [0.717, 1.165) is 10.5 Å². The van der Waals surface area contributed by atoms with Crippen LogP contribution in [0.1, 0.15) is 65.2 Å². The molecular formula is C20H34S2Si2. The van der Waals surface area contributed by atoms with Gasteiger partial charge in [0.15, 0.2) is 0 Å². The lowest BCUT2D eigenvalue weighted by molar-refractivity contribution is 0.701. The van der Waals surface area contributed by atoms with Crippen LogP contribution >= 0.6 is 23.5 Å². The maximum absolute atomic E-state index is 2.47. The number of thioether (sulfide) groups is 2. The van der Waals surface area contributed by atoms with E-state index < -0.39 is 0 Å². The Morgan fingerprint density at radius 1 is 0.708 bits per heavy atom. The molecule has 0 saturated heterocycles. The van der Waals surface area contributed by atoms with Crippen molar-refractivity contribution in [3.05, 3.63) is 23.0 Å². The molecule has 0 amide bonds. The Bertz CT molecular complexity index is 436. The zero-order valence-corrected chi connectivity index (χ0v) is 19.4. The van der Waals surface area contributed by atoms with Crippen molar-refractivity contribution < 1.29 is 0 Å². The van der Waals surface area contributed by atoms with Crippen LogP contribution in [0, 0.1) is 0 Å². The van der Waals surface area contributed by atoms with Gasteiger partial charge in [-0.3, -0.25) is 0 Å². The minimum Gasteiger partial charge on any atom is -0.125 e. The number of hydrogen-bond acceptors (Lipinski definition) is 2. The molecule has 2 aliphatic rings. The summed E-state index contributed by atoms with van der Waals surface area (Å²) < 4.78 is 0. The van der Waals surface area contributed by atoms with Gasteiger partial charge in [-0.25, -0.2) is 0 Å². The van der Waals surface area contributed by atoms with Gasteiger partial charge in [-0.2, -0.15) is 0 Å². The van der Waals surface area contributed by atoms with Crippen molar-refractivity contribution in [2.75, 3.05) is 0 Å². The average Bonchev–Trinajstić information content (AvgIpc) is 3.23. The van der Waals surface area contributed by atoms with Crippen molar-refractivity contribution >= 4 is 52.1 Å². The number of rotatable bonds is 11. The molecule has 4 heteroatoms. The van der Waals surface area contributed by atoms with Gasteiger partial charge >= 0.3 is 0 Å². The maximum atomic E-state index is 2.47. The lowest BCUT2D eigenvalue weighted by Crippen LogP contribution is -2.32. The Hall–Kier alpha value is 0.354. The molecule has 2 aliphatic heterocycles. The third-order valence-electron chi connectivity index (χ3n) is 4.78. The van der Waals surface area contributed by atoms with Crippen LogP contribution in [0.2, 0.25) is 12.1 Å². The van der Waals surface area contributed by atoms with Crippen molar-refractivity contribution in [2.24, 2.45) is 0 Å². The van der Waals surface area contributed by atoms with Crippen molar-refractivity contribution in [1.29, 1.82) is 0 Å². The minimum absolute atomic E-state index is 0.525. The molecule has 0 bridgehead atoms. The van der Waals surface area contributed by atoms with Gasteiger partial charge in [0.2, 0.25) is 0 Å². The first kappa shape index (κ1) is 20.7. The van der Waals surface area contributed by atoms with Crippen molar-refractivity contribution in [3.8, 4) is 0 Å². The Morgan fingerprint density at radius 2 is 1.17 bits per heavy atom. The van der Waals surface area contributed by atoms with E-state index in [1.807, 2.05) is 0 Å². The van der Waals surface area contributed by atoms with Crippen LogP contribution < -0.4 is 0 Å². The lowest BCUT2D eigenvalue weighted by atomic mass is 10.2. The molecule has 0 nitrogen and oxygen atoms in total. The van der Waals surface area contributed by atoms with E-state index in [4.69, 9.17) is 0 Å². The molecule has 0 aliphatic carbocycles. The third-order valence-corrected chi connectivity index (χ3v) is 11.1. The Balaban J connectivity index is 1.84. The highest BCUT2D eigenvalue weighted by molar-refractivity contribution is 8.08. The zero-order valence-electron chi connectivity index (χ0n) is 15.5. The van der Waals surface area contributed by atoms with Crippen molar-refractivity contribution in [1.82, 2.24) is 0 Å².